The molecule has 0 saturated carbocycles. The summed E-state index contributed by atoms with van der Waals surface area (Å²) in [5.41, 5.74) is 3.58. The topological polar surface area (TPSA) is 51.8 Å². The third kappa shape index (κ3) is 3.22. The molecule has 0 radical (unpaired) electrons. The van der Waals surface area contributed by atoms with Crippen LogP contribution in [0, 0.1) is 6.92 Å². The Labute approximate surface area is 148 Å². The van der Waals surface area contributed by atoms with Crippen LogP contribution in [0.1, 0.15) is 30.6 Å². The summed E-state index contributed by atoms with van der Waals surface area (Å²) >= 11 is 0. The lowest BCUT2D eigenvalue weighted by Crippen LogP contribution is -2.21. The summed E-state index contributed by atoms with van der Waals surface area (Å²) in [7, 11) is 0. The van der Waals surface area contributed by atoms with Crippen molar-refractivity contribution < 1.29 is 0 Å². The van der Waals surface area contributed by atoms with Gasteiger partial charge in [0, 0.05) is 73.8 Å². The predicted molar refractivity (Wildman–Crippen MR) is 97.0 cm³/mol. The lowest BCUT2D eigenvalue weighted by molar-refractivity contribution is 0.316. The van der Waals surface area contributed by atoms with Gasteiger partial charge in [0.2, 0.25) is 0 Å². The second kappa shape index (κ2) is 6.80. The number of aromatic nitrogens is 5. The van der Waals surface area contributed by atoms with Crippen molar-refractivity contribution in [1.82, 2.24) is 29.2 Å². The molecule has 130 valence electrons. The Balaban J connectivity index is 1.51. The molecule has 1 atom stereocenters. The molecule has 3 aromatic heterocycles. The zero-order valence-corrected chi connectivity index (χ0v) is 14.8. The molecule has 0 aromatic carbocycles. The molecule has 1 unspecified atom stereocenters. The van der Waals surface area contributed by atoms with Gasteiger partial charge in [0.1, 0.15) is 5.82 Å². The Kier molecular flexibility index (Phi) is 4.36. The highest BCUT2D eigenvalue weighted by Crippen LogP contribution is 2.29. The van der Waals surface area contributed by atoms with Crippen molar-refractivity contribution in [2.45, 2.75) is 39.4 Å². The Morgan fingerprint density at radius 1 is 1.24 bits per heavy atom. The van der Waals surface area contributed by atoms with E-state index in [1.165, 1.54) is 11.3 Å². The summed E-state index contributed by atoms with van der Waals surface area (Å²) in [6.07, 6.45) is 10.9. The summed E-state index contributed by atoms with van der Waals surface area (Å²) in [6.45, 7) is 8.29. The number of nitrogens with zero attached hydrogens (tertiary/aromatic N) is 6. The molecule has 0 N–H and O–H groups in total. The Morgan fingerprint density at radius 3 is 2.92 bits per heavy atom. The van der Waals surface area contributed by atoms with Crippen LogP contribution < -0.4 is 0 Å². The first-order valence-electron chi connectivity index (χ1n) is 8.92. The van der Waals surface area contributed by atoms with Crippen LogP contribution in [0.15, 0.2) is 43.1 Å². The molecule has 0 bridgehead atoms. The zero-order valence-electron chi connectivity index (χ0n) is 14.8. The molecular weight excluding hydrogens is 312 g/mol. The second-order valence-electron chi connectivity index (χ2n) is 6.72. The first-order chi connectivity index (χ1) is 12.2. The van der Waals surface area contributed by atoms with E-state index in [9.17, 15) is 0 Å². The Hall–Kier alpha value is -2.47. The van der Waals surface area contributed by atoms with Gasteiger partial charge in [-0.2, -0.15) is 5.10 Å². The van der Waals surface area contributed by atoms with Gasteiger partial charge in [-0.3, -0.25) is 14.6 Å². The average molecular weight is 336 g/mol. The monoisotopic (exact) mass is 336 g/mol. The summed E-state index contributed by atoms with van der Waals surface area (Å²) in [5, 5.41) is 4.38. The second-order valence-corrected chi connectivity index (χ2v) is 6.72. The van der Waals surface area contributed by atoms with Gasteiger partial charge in [0.15, 0.2) is 0 Å². The van der Waals surface area contributed by atoms with Gasteiger partial charge in [-0.25, -0.2) is 4.98 Å². The third-order valence-electron chi connectivity index (χ3n) is 4.93. The number of pyridine rings is 1. The van der Waals surface area contributed by atoms with Crippen molar-refractivity contribution in [3.05, 3.63) is 54.4 Å². The molecule has 3 aromatic rings. The minimum atomic E-state index is 0.457. The van der Waals surface area contributed by atoms with Crippen LogP contribution in [0.2, 0.25) is 0 Å². The fourth-order valence-electron chi connectivity index (χ4n) is 3.70. The Morgan fingerprint density at radius 2 is 2.16 bits per heavy atom. The molecule has 0 amide bonds. The SMILES string of the molecule is CCn1cc(CN2CCC(n3c(C)cnc3-c3cccnc3)C2)cn1. The maximum Gasteiger partial charge on any atom is 0.141 e. The predicted octanol–water partition coefficient (Wildman–Crippen LogP) is 2.92. The standard InChI is InChI=1S/C19H24N6/c1-3-24-13-16(10-22-24)12-23-8-6-18(14-23)25-15(2)9-21-19(25)17-5-4-7-20-11-17/h4-5,7,9-11,13,18H,3,6,8,12,14H2,1-2H3. The molecule has 0 aliphatic carbocycles. The maximum absolute atomic E-state index is 4.65. The van der Waals surface area contributed by atoms with E-state index in [4.69, 9.17) is 0 Å². The van der Waals surface area contributed by atoms with Crippen LogP contribution in [0.4, 0.5) is 0 Å². The van der Waals surface area contributed by atoms with Crippen LogP contribution in [-0.2, 0) is 13.1 Å². The zero-order chi connectivity index (χ0) is 17.2. The van der Waals surface area contributed by atoms with E-state index >= 15 is 0 Å². The smallest absolute Gasteiger partial charge is 0.141 e. The molecule has 4 rings (SSSR count). The average Bonchev–Trinajstić information content (AvgIpc) is 3.36. The van der Waals surface area contributed by atoms with Crippen LogP contribution in [0.25, 0.3) is 11.4 Å². The minimum Gasteiger partial charge on any atom is -0.324 e. The van der Waals surface area contributed by atoms with Crippen LogP contribution >= 0.6 is 0 Å². The van der Waals surface area contributed by atoms with E-state index in [0.717, 1.165) is 44.0 Å². The first kappa shape index (κ1) is 16.0. The van der Waals surface area contributed by atoms with Crippen molar-refractivity contribution in [3.8, 4) is 11.4 Å². The normalized spacial score (nSPS) is 18.1. The van der Waals surface area contributed by atoms with Crippen LogP contribution in [0.3, 0.4) is 0 Å². The van der Waals surface area contributed by atoms with E-state index in [1.54, 1.807) is 6.20 Å². The highest BCUT2D eigenvalue weighted by molar-refractivity contribution is 5.54. The van der Waals surface area contributed by atoms with Gasteiger partial charge in [-0.1, -0.05) is 0 Å². The molecular formula is C19H24N6. The molecule has 1 aliphatic heterocycles. The lowest BCUT2D eigenvalue weighted by atomic mass is 10.2. The number of likely N-dealkylation sites (tertiary alicyclic amines) is 1. The third-order valence-corrected chi connectivity index (χ3v) is 4.93. The van der Waals surface area contributed by atoms with Gasteiger partial charge in [-0.15, -0.1) is 0 Å². The minimum absolute atomic E-state index is 0.457. The number of hydrogen-bond acceptors (Lipinski definition) is 4. The Bertz CT molecular complexity index is 835. The van der Waals surface area contributed by atoms with Gasteiger partial charge in [0.25, 0.3) is 0 Å². The van der Waals surface area contributed by atoms with E-state index in [-0.39, 0.29) is 0 Å². The molecule has 6 nitrogen and oxygen atoms in total. The van der Waals surface area contributed by atoms with Crippen LogP contribution in [0.5, 0.6) is 0 Å². The summed E-state index contributed by atoms with van der Waals surface area (Å²) in [4.78, 5) is 11.4. The van der Waals surface area contributed by atoms with E-state index < -0.39 is 0 Å². The maximum atomic E-state index is 4.65. The largest absolute Gasteiger partial charge is 0.324 e. The number of hydrogen-bond donors (Lipinski definition) is 0. The van der Waals surface area contributed by atoms with Crippen molar-refractivity contribution in [2.75, 3.05) is 13.1 Å². The van der Waals surface area contributed by atoms with E-state index in [0.29, 0.717) is 6.04 Å². The highest BCUT2D eigenvalue weighted by atomic mass is 15.3. The summed E-state index contributed by atoms with van der Waals surface area (Å²) in [6, 6.07) is 4.51. The van der Waals surface area contributed by atoms with Crippen molar-refractivity contribution in [1.29, 1.82) is 0 Å². The van der Waals surface area contributed by atoms with Crippen molar-refractivity contribution in [3.63, 3.8) is 0 Å². The molecule has 4 heterocycles. The van der Waals surface area contributed by atoms with E-state index in [2.05, 4.69) is 50.6 Å². The highest BCUT2D eigenvalue weighted by Gasteiger charge is 2.27. The van der Waals surface area contributed by atoms with Gasteiger partial charge in [-0.05, 0) is 32.4 Å². The van der Waals surface area contributed by atoms with Crippen LogP contribution in [-0.4, -0.2) is 42.3 Å². The number of imidazole rings is 1. The van der Waals surface area contributed by atoms with Gasteiger partial charge >= 0.3 is 0 Å². The van der Waals surface area contributed by atoms with Gasteiger partial charge < -0.3 is 4.57 Å². The van der Waals surface area contributed by atoms with Gasteiger partial charge in [0.05, 0.1) is 6.20 Å². The molecule has 1 fully saturated rings. The molecule has 1 aliphatic rings. The first-order valence-corrected chi connectivity index (χ1v) is 8.92. The van der Waals surface area contributed by atoms with Crippen molar-refractivity contribution >= 4 is 0 Å². The number of aryl methyl sites for hydroxylation is 2. The fraction of sp³-hybridized carbons (Fsp3) is 0.421. The molecule has 6 heteroatoms. The summed E-state index contributed by atoms with van der Waals surface area (Å²) < 4.78 is 4.37. The fourth-order valence-corrected chi connectivity index (χ4v) is 3.70. The quantitative estimate of drug-likeness (QED) is 0.719. The molecule has 1 saturated heterocycles. The molecule has 0 spiro atoms. The number of rotatable bonds is 5. The van der Waals surface area contributed by atoms with Crippen molar-refractivity contribution in [2.24, 2.45) is 0 Å². The summed E-state index contributed by atoms with van der Waals surface area (Å²) in [5.74, 6) is 1.02. The van der Waals surface area contributed by atoms with E-state index in [1.807, 2.05) is 29.3 Å². The lowest BCUT2D eigenvalue weighted by Gasteiger charge is -2.19. The molecule has 25 heavy (non-hydrogen) atoms.